The van der Waals surface area contributed by atoms with Gasteiger partial charge in [-0.25, -0.2) is 4.68 Å². The van der Waals surface area contributed by atoms with Crippen molar-refractivity contribution in [2.45, 2.75) is 19.5 Å². The van der Waals surface area contributed by atoms with E-state index in [1.807, 2.05) is 6.92 Å². The van der Waals surface area contributed by atoms with E-state index in [0.717, 1.165) is 0 Å². The highest BCUT2D eigenvalue weighted by molar-refractivity contribution is 6.32. The summed E-state index contributed by atoms with van der Waals surface area (Å²) in [4.78, 5) is 11.8. The smallest absolute Gasteiger partial charge is 0.287 e. The van der Waals surface area contributed by atoms with Crippen molar-refractivity contribution < 1.29 is 4.74 Å². The van der Waals surface area contributed by atoms with E-state index in [0.29, 0.717) is 18.8 Å². The fourth-order valence-electron chi connectivity index (χ4n) is 1.38. The molecule has 0 radical (unpaired) electrons. The first-order chi connectivity index (χ1) is 8.10. The molecule has 1 N–H and O–H groups in total. The molecule has 5 nitrogen and oxygen atoms in total. The Hall–Kier alpha value is -1.33. The van der Waals surface area contributed by atoms with Crippen LogP contribution in [0.2, 0.25) is 5.02 Å². The summed E-state index contributed by atoms with van der Waals surface area (Å²) in [5.41, 5.74) is 0.183. The van der Waals surface area contributed by atoms with Gasteiger partial charge < -0.3 is 10.1 Å². The summed E-state index contributed by atoms with van der Waals surface area (Å²) in [6.07, 6.45) is 3.12. The maximum absolute atomic E-state index is 11.8. The monoisotopic (exact) mass is 257 g/mol. The van der Waals surface area contributed by atoms with E-state index in [2.05, 4.69) is 17.0 Å². The van der Waals surface area contributed by atoms with Gasteiger partial charge in [0.15, 0.2) is 0 Å². The van der Waals surface area contributed by atoms with Crippen LogP contribution < -0.4 is 10.9 Å². The number of anilines is 1. The topological polar surface area (TPSA) is 56.1 Å². The molecule has 1 aromatic heterocycles. The number of hydrogen-bond donors (Lipinski definition) is 1. The highest BCUT2D eigenvalue weighted by Gasteiger charge is 2.10. The highest BCUT2D eigenvalue weighted by Crippen LogP contribution is 2.16. The lowest BCUT2D eigenvalue weighted by Gasteiger charge is -2.15. The molecule has 1 rings (SSSR count). The van der Waals surface area contributed by atoms with Crippen molar-refractivity contribution in [2.24, 2.45) is 0 Å². The zero-order valence-corrected chi connectivity index (χ0v) is 10.7. The van der Waals surface area contributed by atoms with Gasteiger partial charge in [0.05, 0.1) is 25.0 Å². The molecule has 1 unspecified atom stereocenters. The van der Waals surface area contributed by atoms with Crippen LogP contribution in [0.3, 0.4) is 0 Å². The van der Waals surface area contributed by atoms with Gasteiger partial charge in [-0.1, -0.05) is 17.7 Å². The minimum Gasteiger partial charge on any atom is -0.383 e. The second-order valence-electron chi connectivity index (χ2n) is 3.65. The standard InChI is InChI=1S/C11H16ClN3O2/c1-4-5-15-11(16)10(12)9(6-13-15)14-8(2)7-17-3/h4,6,8,14H,1,5,7H2,2-3H3. The fraction of sp³-hybridized carbons (Fsp3) is 0.455. The van der Waals surface area contributed by atoms with Crippen LogP contribution in [0.4, 0.5) is 5.69 Å². The first-order valence-corrected chi connectivity index (χ1v) is 5.60. The Morgan fingerprint density at radius 1 is 1.76 bits per heavy atom. The van der Waals surface area contributed by atoms with E-state index < -0.39 is 0 Å². The molecule has 0 bridgehead atoms. The number of halogens is 1. The number of nitrogens with zero attached hydrogens (tertiary/aromatic N) is 2. The number of aromatic nitrogens is 2. The quantitative estimate of drug-likeness (QED) is 0.786. The molecule has 0 saturated carbocycles. The fourth-order valence-corrected chi connectivity index (χ4v) is 1.58. The van der Waals surface area contributed by atoms with Crippen LogP contribution in [-0.4, -0.2) is 29.5 Å². The molecule has 0 saturated heterocycles. The first-order valence-electron chi connectivity index (χ1n) is 5.22. The summed E-state index contributed by atoms with van der Waals surface area (Å²) in [7, 11) is 1.61. The maximum atomic E-state index is 11.8. The molecule has 6 heteroatoms. The average molecular weight is 258 g/mol. The minimum absolute atomic E-state index is 0.0500. The molecule has 0 amide bonds. The third-order valence-corrected chi connectivity index (χ3v) is 2.47. The Morgan fingerprint density at radius 2 is 2.47 bits per heavy atom. The van der Waals surface area contributed by atoms with Crippen molar-refractivity contribution in [3.8, 4) is 0 Å². The number of nitrogens with one attached hydrogen (secondary N) is 1. The molecule has 1 atom stereocenters. The third kappa shape index (κ3) is 3.57. The molecule has 0 aliphatic rings. The van der Waals surface area contributed by atoms with E-state index in [1.165, 1.54) is 10.9 Å². The van der Waals surface area contributed by atoms with E-state index in [9.17, 15) is 4.79 Å². The maximum Gasteiger partial charge on any atom is 0.287 e. The lowest BCUT2D eigenvalue weighted by molar-refractivity contribution is 0.190. The van der Waals surface area contributed by atoms with Crippen molar-refractivity contribution in [1.29, 1.82) is 0 Å². The van der Waals surface area contributed by atoms with Crippen LogP contribution in [0.25, 0.3) is 0 Å². The molecule has 0 aliphatic carbocycles. The molecule has 1 heterocycles. The number of ether oxygens (including phenoxy) is 1. The van der Waals surface area contributed by atoms with Gasteiger partial charge in [-0.05, 0) is 6.92 Å². The minimum atomic E-state index is -0.332. The second kappa shape index (κ2) is 6.42. The van der Waals surface area contributed by atoms with Crippen LogP contribution in [-0.2, 0) is 11.3 Å². The molecule has 0 spiro atoms. The first kappa shape index (κ1) is 13.7. The third-order valence-electron chi connectivity index (χ3n) is 2.11. The van der Waals surface area contributed by atoms with Gasteiger partial charge in [0.1, 0.15) is 5.02 Å². The summed E-state index contributed by atoms with van der Waals surface area (Å²) < 4.78 is 6.24. The van der Waals surface area contributed by atoms with Crippen molar-refractivity contribution in [1.82, 2.24) is 9.78 Å². The SMILES string of the molecule is C=CCn1ncc(NC(C)COC)c(Cl)c1=O. The van der Waals surface area contributed by atoms with Crippen LogP contribution >= 0.6 is 11.6 Å². The lowest BCUT2D eigenvalue weighted by Crippen LogP contribution is -2.27. The van der Waals surface area contributed by atoms with Crippen molar-refractivity contribution >= 4 is 17.3 Å². The highest BCUT2D eigenvalue weighted by atomic mass is 35.5. The molecular weight excluding hydrogens is 242 g/mol. The molecule has 0 aromatic carbocycles. The molecule has 94 valence electrons. The number of methoxy groups -OCH3 is 1. The molecule has 17 heavy (non-hydrogen) atoms. The Bertz CT molecular complexity index is 445. The van der Waals surface area contributed by atoms with E-state index in [1.54, 1.807) is 13.2 Å². The normalized spacial score (nSPS) is 12.2. The van der Waals surface area contributed by atoms with E-state index >= 15 is 0 Å². The van der Waals surface area contributed by atoms with Gasteiger partial charge in [-0.15, -0.1) is 6.58 Å². The molecule has 0 fully saturated rings. The lowest BCUT2D eigenvalue weighted by atomic mass is 10.3. The predicted octanol–water partition coefficient (Wildman–Crippen LogP) is 1.53. The van der Waals surface area contributed by atoms with Crippen LogP contribution in [0.1, 0.15) is 6.92 Å². The van der Waals surface area contributed by atoms with Gasteiger partial charge in [-0.3, -0.25) is 4.79 Å². The second-order valence-corrected chi connectivity index (χ2v) is 4.03. The van der Waals surface area contributed by atoms with Gasteiger partial charge in [0.2, 0.25) is 0 Å². The largest absolute Gasteiger partial charge is 0.383 e. The predicted molar refractivity (Wildman–Crippen MR) is 68.7 cm³/mol. The van der Waals surface area contributed by atoms with Crippen molar-refractivity contribution in [3.63, 3.8) is 0 Å². The summed E-state index contributed by atoms with van der Waals surface area (Å²) in [5.74, 6) is 0. The van der Waals surface area contributed by atoms with Crippen LogP contribution in [0.5, 0.6) is 0 Å². The number of allylic oxidation sites excluding steroid dienone is 1. The summed E-state index contributed by atoms with van der Waals surface area (Å²) in [6, 6.07) is 0.0500. The van der Waals surface area contributed by atoms with Gasteiger partial charge >= 0.3 is 0 Å². The van der Waals surface area contributed by atoms with Crippen molar-refractivity contribution in [3.05, 3.63) is 34.2 Å². The van der Waals surface area contributed by atoms with Crippen LogP contribution in [0, 0.1) is 0 Å². The Balaban J connectivity index is 2.92. The summed E-state index contributed by atoms with van der Waals surface area (Å²) in [5, 5.41) is 7.18. The molecular formula is C11H16ClN3O2. The summed E-state index contributed by atoms with van der Waals surface area (Å²) in [6.45, 7) is 6.33. The average Bonchev–Trinajstić information content (AvgIpc) is 2.29. The van der Waals surface area contributed by atoms with E-state index in [4.69, 9.17) is 16.3 Å². The van der Waals surface area contributed by atoms with Gasteiger partial charge in [-0.2, -0.15) is 5.10 Å². The van der Waals surface area contributed by atoms with Crippen molar-refractivity contribution in [2.75, 3.05) is 19.0 Å². The van der Waals surface area contributed by atoms with Gasteiger partial charge in [0, 0.05) is 13.2 Å². The van der Waals surface area contributed by atoms with E-state index in [-0.39, 0.29) is 16.6 Å². The Labute approximate surface area is 105 Å². The Kier molecular flexibility index (Phi) is 5.18. The number of hydrogen-bond acceptors (Lipinski definition) is 4. The molecule has 1 aromatic rings. The summed E-state index contributed by atoms with van der Waals surface area (Å²) >= 11 is 5.97. The molecule has 0 aliphatic heterocycles. The number of rotatable bonds is 6. The van der Waals surface area contributed by atoms with Crippen LogP contribution in [0.15, 0.2) is 23.6 Å². The van der Waals surface area contributed by atoms with Gasteiger partial charge in [0.25, 0.3) is 5.56 Å². The Morgan fingerprint density at radius 3 is 3.06 bits per heavy atom. The zero-order valence-electron chi connectivity index (χ0n) is 9.94. The zero-order chi connectivity index (χ0) is 12.8.